The number of hydrogen-bond donors (Lipinski definition) is 2. The zero-order valence-electron chi connectivity index (χ0n) is 10.9. The average molecular weight is 323 g/mol. The van der Waals surface area contributed by atoms with Crippen molar-refractivity contribution >= 4 is 41.3 Å². The van der Waals surface area contributed by atoms with Crippen LogP contribution in [0.2, 0.25) is 5.02 Å². The van der Waals surface area contributed by atoms with E-state index in [0.29, 0.717) is 18.9 Å². The van der Waals surface area contributed by atoms with Crippen molar-refractivity contribution in [3.05, 3.63) is 21.3 Å². The van der Waals surface area contributed by atoms with Crippen LogP contribution in [0.5, 0.6) is 0 Å². The number of carbonyl (C=O) groups is 1. The monoisotopic (exact) mass is 322 g/mol. The Morgan fingerprint density at radius 3 is 2.79 bits per heavy atom. The molecule has 1 amide bonds. The highest BCUT2D eigenvalue weighted by Crippen LogP contribution is 2.39. The number of aryl methyl sites for hydroxylation is 1. The first-order valence-electron chi connectivity index (χ1n) is 6.27. The maximum Gasteiger partial charge on any atom is 0.220 e. The van der Waals surface area contributed by atoms with E-state index in [1.807, 2.05) is 18.4 Å². The van der Waals surface area contributed by atoms with Gasteiger partial charge in [-0.3, -0.25) is 4.79 Å². The Labute approximate surface area is 129 Å². The summed E-state index contributed by atoms with van der Waals surface area (Å²) in [6.45, 7) is 2.55. The van der Waals surface area contributed by atoms with Crippen LogP contribution in [-0.4, -0.2) is 18.0 Å². The number of hydrogen-bond acceptors (Lipinski definition) is 3. The van der Waals surface area contributed by atoms with E-state index in [2.05, 4.69) is 5.32 Å². The second-order valence-electron chi connectivity index (χ2n) is 5.18. The van der Waals surface area contributed by atoms with Gasteiger partial charge in [-0.15, -0.1) is 23.7 Å². The van der Waals surface area contributed by atoms with Gasteiger partial charge in [0.2, 0.25) is 5.91 Å². The lowest BCUT2D eigenvalue weighted by molar-refractivity contribution is -0.123. The van der Waals surface area contributed by atoms with Gasteiger partial charge in [0.05, 0.1) is 10.6 Å². The fourth-order valence-electron chi connectivity index (χ4n) is 2.14. The Balaban J connectivity index is 0.00000180. The lowest BCUT2D eigenvalue weighted by atomic mass is 9.95. The summed E-state index contributed by atoms with van der Waals surface area (Å²) in [7, 11) is 0. The topological polar surface area (TPSA) is 55.1 Å². The van der Waals surface area contributed by atoms with Crippen LogP contribution in [0.4, 0.5) is 0 Å². The Kier molecular flexibility index (Phi) is 6.12. The molecule has 1 fully saturated rings. The van der Waals surface area contributed by atoms with Crippen molar-refractivity contribution in [1.29, 1.82) is 0 Å². The third-order valence-electron chi connectivity index (χ3n) is 3.55. The molecule has 1 heterocycles. The van der Waals surface area contributed by atoms with Crippen LogP contribution in [0, 0.1) is 5.92 Å². The molecule has 6 heteroatoms. The zero-order valence-corrected chi connectivity index (χ0v) is 13.3. The molecule has 108 valence electrons. The third-order valence-corrected chi connectivity index (χ3v) is 4.89. The molecule has 19 heavy (non-hydrogen) atoms. The molecule has 1 atom stereocenters. The Morgan fingerprint density at radius 2 is 2.32 bits per heavy atom. The predicted molar refractivity (Wildman–Crippen MR) is 83.2 cm³/mol. The van der Waals surface area contributed by atoms with E-state index in [0.717, 1.165) is 16.3 Å². The summed E-state index contributed by atoms with van der Waals surface area (Å²) in [5, 5.41) is 5.73. The van der Waals surface area contributed by atoms with Gasteiger partial charge in [0.25, 0.3) is 0 Å². The number of carbonyl (C=O) groups excluding carboxylic acids is 1. The highest BCUT2D eigenvalue weighted by molar-refractivity contribution is 7.10. The second kappa shape index (κ2) is 6.93. The highest BCUT2D eigenvalue weighted by atomic mass is 35.5. The van der Waals surface area contributed by atoms with Gasteiger partial charge in [0.1, 0.15) is 0 Å². The van der Waals surface area contributed by atoms with E-state index in [9.17, 15) is 4.79 Å². The average Bonchev–Trinajstić information content (AvgIpc) is 3.11. The van der Waals surface area contributed by atoms with E-state index in [1.54, 1.807) is 11.3 Å². The van der Waals surface area contributed by atoms with Crippen molar-refractivity contribution in [2.45, 2.75) is 38.1 Å². The second-order valence-corrected chi connectivity index (χ2v) is 6.61. The third kappa shape index (κ3) is 4.63. The summed E-state index contributed by atoms with van der Waals surface area (Å²) >= 11 is 7.45. The Bertz CT molecular complexity index is 434. The molecule has 0 spiro atoms. The quantitative estimate of drug-likeness (QED) is 0.845. The first-order chi connectivity index (χ1) is 8.53. The molecular weight excluding hydrogens is 303 g/mol. The van der Waals surface area contributed by atoms with E-state index in [-0.39, 0.29) is 23.9 Å². The van der Waals surface area contributed by atoms with Crippen molar-refractivity contribution in [2.24, 2.45) is 11.7 Å². The summed E-state index contributed by atoms with van der Waals surface area (Å²) in [6, 6.07) is 1.92. The molecule has 1 aromatic heterocycles. The van der Waals surface area contributed by atoms with Crippen molar-refractivity contribution in [2.75, 3.05) is 6.54 Å². The largest absolute Gasteiger partial charge is 0.349 e. The zero-order chi connectivity index (χ0) is 13.2. The van der Waals surface area contributed by atoms with Gasteiger partial charge in [-0.25, -0.2) is 0 Å². The highest BCUT2D eigenvalue weighted by Gasteiger charge is 2.41. The van der Waals surface area contributed by atoms with Crippen LogP contribution in [0.1, 0.15) is 31.1 Å². The summed E-state index contributed by atoms with van der Waals surface area (Å²) in [5.74, 6) is 0.641. The summed E-state index contributed by atoms with van der Waals surface area (Å²) in [4.78, 5) is 13.1. The molecule has 0 aromatic carbocycles. The molecule has 1 aromatic rings. The molecular formula is C13H20Cl2N2OS. The molecule has 1 unspecified atom stereocenters. The van der Waals surface area contributed by atoms with E-state index in [1.165, 1.54) is 12.8 Å². The number of nitrogens with two attached hydrogens (primary N) is 1. The summed E-state index contributed by atoms with van der Waals surface area (Å²) in [5.41, 5.74) is 5.56. The molecule has 0 bridgehead atoms. The van der Waals surface area contributed by atoms with Crippen molar-refractivity contribution in [3.63, 3.8) is 0 Å². The molecule has 1 aliphatic carbocycles. The Morgan fingerprint density at radius 1 is 1.63 bits per heavy atom. The van der Waals surface area contributed by atoms with E-state index >= 15 is 0 Å². The fraction of sp³-hybridized carbons (Fsp3) is 0.615. The van der Waals surface area contributed by atoms with Gasteiger partial charge >= 0.3 is 0 Å². The molecule has 0 saturated heterocycles. The van der Waals surface area contributed by atoms with Crippen molar-refractivity contribution in [1.82, 2.24) is 5.32 Å². The van der Waals surface area contributed by atoms with Gasteiger partial charge in [-0.2, -0.15) is 0 Å². The van der Waals surface area contributed by atoms with Crippen molar-refractivity contribution < 1.29 is 4.79 Å². The predicted octanol–water partition coefficient (Wildman–Crippen LogP) is 3.00. The fourth-order valence-corrected chi connectivity index (χ4v) is 3.22. The van der Waals surface area contributed by atoms with Gasteiger partial charge < -0.3 is 11.1 Å². The molecule has 1 saturated carbocycles. The maximum atomic E-state index is 11.9. The number of thiophene rings is 1. The van der Waals surface area contributed by atoms with Gasteiger partial charge in [0.15, 0.2) is 0 Å². The lowest BCUT2D eigenvalue weighted by Gasteiger charge is -2.29. The smallest absolute Gasteiger partial charge is 0.220 e. The summed E-state index contributed by atoms with van der Waals surface area (Å²) < 4.78 is 0. The SMILES string of the molecule is CC(CN)(NC(=O)CCc1cc(Cl)cs1)C1CC1.Cl. The molecule has 2 rings (SSSR count). The first-order valence-corrected chi connectivity index (χ1v) is 7.53. The minimum atomic E-state index is -0.218. The van der Waals surface area contributed by atoms with E-state index in [4.69, 9.17) is 17.3 Å². The van der Waals surface area contributed by atoms with E-state index < -0.39 is 0 Å². The van der Waals surface area contributed by atoms with Gasteiger partial charge in [-0.05, 0) is 38.2 Å². The van der Waals surface area contributed by atoms with Gasteiger partial charge in [0, 0.05) is 23.2 Å². The first kappa shape index (κ1) is 16.8. The van der Waals surface area contributed by atoms with Crippen molar-refractivity contribution in [3.8, 4) is 0 Å². The molecule has 3 nitrogen and oxygen atoms in total. The molecule has 0 radical (unpaired) electrons. The van der Waals surface area contributed by atoms with Crippen LogP contribution < -0.4 is 11.1 Å². The normalized spacial score (nSPS) is 17.4. The number of nitrogens with one attached hydrogen (secondary N) is 1. The molecule has 3 N–H and O–H groups in total. The van der Waals surface area contributed by atoms with Crippen LogP contribution in [0.3, 0.4) is 0 Å². The number of halogens is 2. The standard InChI is InChI=1S/C13H19ClN2OS.ClH/c1-13(8-15,9-2-3-9)16-12(17)5-4-11-6-10(14)7-18-11;/h6-7,9H,2-5,8,15H2,1H3,(H,16,17);1H. The minimum Gasteiger partial charge on any atom is -0.349 e. The number of amides is 1. The van der Waals surface area contributed by atoms with Crippen LogP contribution >= 0.6 is 35.3 Å². The molecule has 0 aliphatic heterocycles. The maximum absolute atomic E-state index is 11.9. The summed E-state index contributed by atoms with van der Waals surface area (Å²) in [6.07, 6.45) is 3.59. The number of rotatable bonds is 6. The molecule has 1 aliphatic rings. The van der Waals surface area contributed by atoms with Crippen LogP contribution in [-0.2, 0) is 11.2 Å². The van der Waals surface area contributed by atoms with Crippen LogP contribution in [0.15, 0.2) is 11.4 Å². The lowest BCUT2D eigenvalue weighted by Crippen LogP contribution is -2.53. The Hall–Kier alpha value is -0.290. The van der Waals surface area contributed by atoms with Gasteiger partial charge in [-0.1, -0.05) is 11.6 Å². The van der Waals surface area contributed by atoms with Crippen LogP contribution in [0.25, 0.3) is 0 Å². The minimum absolute atomic E-state index is 0.